The molecule has 5 nitrogen and oxygen atoms in total. The van der Waals surface area contributed by atoms with E-state index >= 15 is 0 Å². The van der Waals surface area contributed by atoms with Crippen molar-refractivity contribution in [1.82, 2.24) is 15.2 Å². The lowest BCUT2D eigenvalue weighted by atomic mass is 9.97. The first-order valence-electron chi connectivity index (χ1n) is 8.96. The minimum absolute atomic E-state index is 0.0230. The average molecular weight is 330 g/mol. The lowest BCUT2D eigenvalue weighted by Crippen LogP contribution is -2.25. The number of carbonyl (C=O) groups excluding carboxylic acids is 1. The highest BCUT2D eigenvalue weighted by Gasteiger charge is 2.08. The molecule has 2 rings (SSSR count). The molecular weight excluding hydrogens is 300 g/mol. The first kappa shape index (κ1) is 18.5. The smallest absolute Gasteiger partial charge is 0.251 e. The summed E-state index contributed by atoms with van der Waals surface area (Å²) < 4.78 is 0. The van der Waals surface area contributed by atoms with E-state index in [-0.39, 0.29) is 5.91 Å². The summed E-state index contributed by atoms with van der Waals surface area (Å²) in [5.74, 6) is 0.738. The highest BCUT2D eigenvalue weighted by atomic mass is 16.1. The van der Waals surface area contributed by atoms with Crippen LogP contribution >= 0.6 is 0 Å². The summed E-state index contributed by atoms with van der Waals surface area (Å²) in [4.78, 5) is 18.7. The lowest BCUT2D eigenvalue weighted by molar-refractivity contribution is 0.0954. The summed E-state index contributed by atoms with van der Waals surface area (Å²) in [5.41, 5.74) is 2.15. The normalized spacial score (nSPS) is 14.4. The van der Waals surface area contributed by atoms with Crippen LogP contribution in [0, 0.1) is 0 Å². The maximum Gasteiger partial charge on any atom is 0.251 e. The Kier molecular flexibility index (Phi) is 7.75. The minimum Gasteiger partial charge on any atom is -0.370 e. The van der Waals surface area contributed by atoms with E-state index < -0.39 is 0 Å². The second kappa shape index (κ2) is 10.1. The molecule has 0 bridgehead atoms. The Morgan fingerprint density at radius 1 is 1.29 bits per heavy atom. The third-order valence-corrected chi connectivity index (χ3v) is 4.23. The number of amides is 1. The van der Waals surface area contributed by atoms with Crippen LogP contribution in [0.3, 0.4) is 0 Å². The van der Waals surface area contributed by atoms with Gasteiger partial charge >= 0.3 is 0 Å². The van der Waals surface area contributed by atoms with Gasteiger partial charge in [-0.05, 0) is 71.3 Å². The maximum atomic E-state index is 12.3. The Morgan fingerprint density at radius 2 is 2.17 bits per heavy atom. The minimum atomic E-state index is -0.0230. The summed E-state index contributed by atoms with van der Waals surface area (Å²) in [5, 5.41) is 6.29. The fourth-order valence-electron chi connectivity index (χ4n) is 2.85. The molecule has 1 aromatic rings. The van der Waals surface area contributed by atoms with Crippen molar-refractivity contribution in [1.29, 1.82) is 0 Å². The molecule has 1 heterocycles. The fourth-order valence-corrected chi connectivity index (χ4v) is 2.85. The van der Waals surface area contributed by atoms with Crippen molar-refractivity contribution in [3.8, 4) is 0 Å². The number of nitrogens with one attached hydrogen (secondary N) is 2. The van der Waals surface area contributed by atoms with Gasteiger partial charge < -0.3 is 15.5 Å². The number of aromatic nitrogens is 1. The maximum absolute atomic E-state index is 12.3. The Balaban J connectivity index is 1.75. The van der Waals surface area contributed by atoms with Gasteiger partial charge in [-0.1, -0.05) is 11.6 Å². The fraction of sp³-hybridized carbons (Fsp3) is 0.579. The average Bonchev–Trinajstić information content (AvgIpc) is 2.60. The van der Waals surface area contributed by atoms with E-state index in [2.05, 4.69) is 40.7 Å². The highest BCUT2D eigenvalue weighted by Crippen LogP contribution is 2.19. The van der Waals surface area contributed by atoms with Gasteiger partial charge in [-0.2, -0.15) is 0 Å². The topological polar surface area (TPSA) is 57.3 Å². The number of hydrogen-bond acceptors (Lipinski definition) is 4. The Labute approximate surface area is 145 Å². The Morgan fingerprint density at radius 3 is 2.92 bits per heavy atom. The molecule has 5 heteroatoms. The van der Waals surface area contributed by atoms with Crippen LogP contribution in [0.1, 0.15) is 48.9 Å². The van der Waals surface area contributed by atoms with Crippen molar-refractivity contribution >= 4 is 11.7 Å². The van der Waals surface area contributed by atoms with Gasteiger partial charge in [0, 0.05) is 24.8 Å². The van der Waals surface area contributed by atoms with Crippen LogP contribution in [-0.4, -0.2) is 49.5 Å². The summed E-state index contributed by atoms with van der Waals surface area (Å²) >= 11 is 0. The molecule has 0 saturated carbocycles. The van der Waals surface area contributed by atoms with Crippen LogP contribution < -0.4 is 10.6 Å². The van der Waals surface area contributed by atoms with Crippen molar-refractivity contribution in [2.75, 3.05) is 39.0 Å². The zero-order chi connectivity index (χ0) is 17.2. The first-order valence-corrected chi connectivity index (χ1v) is 8.96. The van der Waals surface area contributed by atoms with Crippen LogP contribution in [0.2, 0.25) is 0 Å². The molecule has 24 heavy (non-hydrogen) atoms. The SMILES string of the molecule is CN(C)CCCNc1cc(C(=O)NCCC2=CCCCC2)ccn1. The number of hydrogen-bond donors (Lipinski definition) is 2. The predicted molar refractivity (Wildman–Crippen MR) is 99.4 cm³/mol. The number of nitrogens with zero attached hydrogens (tertiary/aromatic N) is 2. The van der Waals surface area contributed by atoms with E-state index in [4.69, 9.17) is 0 Å². The first-order chi connectivity index (χ1) is 11.6. The van der Waals surface area contributed by atoms with Gasteiger partial charge in [-0.3, -0.25) is 4.79 Å². The molecule has 2 N–H and O–H groups in total. The molecule has 0 fully saturated rings. The number of anilines is 1. The summed E-state index contributed by atoms with van der Waals surface area (Å²) in [7, 11) is 4.12. The molecular formula is C19H30N4O. The molecule has 132 valence electrons. The van der Waals surface area contributed by atoms with Crippen molar-refractivity contribution in [2.24, 2.45) is 0 Å². The van der Waals surface area contributed by atoms with Crippen molar-refractivity contribution < 1.29 is 4.79 Å². The van der Waals surface area contributed by atoms with Crippen LogP contribution in [0.25, 0.3) is 0 Å². The number of pyridine rings is 1. The third kappa shape index (κ3) is 6.71. The molecule has 0 spiro atoms. The third-order valence-electron chi connectivity index (χ3n) is 4.23. The van der Waals surface area contributed by atoms with Gasteiger partial charge in [-0.15, -0.1) is 0 Å². The zero-order valence-corrected chi connectivity index (χ0v) is 15.0. The number of allylic oxidation sites excluding steroid dienone is 1. The number of carbonyl (C=O) groups is 1. The zero-order valence-electron chi connectivity index (χ0n) is 15.0. The Hall–Kier alpha value is -1.88. The molecule has 0 atom stereocenters. The van der Waals surface area contributed by atoms with E-state index in [0.717, 1.165) is 31.7 Å². The quantitative estimate of drug-likeness (QED) is 0.540. The van der Waals surface area contributed by atoms with Crippen LogP contribution in [0.15, 0.2) is 30.0 Å². The van der Waals surface area contributed by atoms with Crippen LogP contribution in [0.5, 0.6) is 0 Å². The molecule has 0 aliphatic heterocycles. The van der Waals surface area contributed by atoms with E-state index in [0.29, 0.717) is 12.1 Å². The monoisotopic (exact) mass is 330 g/mol. The van der Waals surface area contributed by atoms with Gasteiger partial charge in [0.15, 0.2) is 0 Å². The van der Waals surface area contributed by atoms with Gasteiger partial charge in [0.05, 0.1) is 0 Å². The van der Waals surface area contributed by atoms with Gasteiger partial charge in [-0.25, -0.2) is 4.98 Å². The van der Waals surface area contributed by atoms with E-state index in [9.17, 15) is 4.79 Å². The van der Waals surface area contributed by atoms with Crippen molar-refractivity contribution in [3.05, 3.63) is 35.5 Å². The lowest BCUT2D eigenvalue weighted by Gasteiger charge is -2.13. The van der Waals surface area contributed by atoms with Crippen LogP contribution in [-0.2, 0) is 0 Å². The summed E-state index contributed by atoms with van der Waals surface area (Å²) in [6.45, 7) is 2.59. The van der Waals surface area contributed by atoms with Gasteiger partial charge in [0.1, 0.15) is 5.82 Å². The molecule has 0 saturated heterocycles. The highest BCUT2D eigenvalue weighted by molar-refractivity contribution is 5.94. The molecule has 0 aromatic carbocycles. The second-order valence-corrected chi connectivity index (χ2v) is 6.63. The van der Waals surface area contributed by atoms with Gasteiger partial charge in [0.25, 0.3) is 5.91 Å². The van der Waals surface area contributed by atoms with Crippen molar-refractivity contribution in [2.45, 2.75) is 38.5 Å². The number of rotatable bonds is 9. The predicted octanol–water partition coefficient (Wildman–Crippen LogP) is 3.07. The van der Waals surface area contributed by atoms with Crippen LogP contribution in [0.4, 0.5) is 5.82 Å². The second-order valence-electron chi connectivity index (χ2n) is 6.63. The molecule has 1 aliphatic carbocycles. The van der Waals surface area contributed by atoms with Crippen molar-refractivity contribution in [3.63, 3.8) is 0 Å². The van der Waals surface area contributed by atoms with Gasteiger partial charge in [0.2, 0.25) is 0 Å². The Bertz CT molecular complexity index is 554. The molecule has 1 aromatic heterocycles. The largest absolute Gasteiger partial charge is 0.370 e. The molecule has 1 amide bonds. The van der Waals surface area contributed by atoms with E-state index in [1.165, 1.54) is 31.3 Å². The molecule has 0 radical (unpaired) electrons. The van der Waals surface area contributed by atoms with E-state index in [1.54, 1.807) is 12.3 Å². The molecule has 1 aliphatic rings. The summed E-state index contributed by atoms with van der Waals surface area (Å²) in [6.07, 6.45) is 11.0. The molecule has 0 unspecified atom stereocenters. The standard InChI is InChI=1S/C19H30N4O/c1-23(2)14-6-11-20-18-15-17(10-13-21-18)19(24)22-12-9-16-7-4-3-5-8-16/h7,10,13,15H,3-6,8-9,11-12,14H2,1-2H3,(H,20,21)(H,22,24). The summed E-state index contributed by atoms with van der Waals surface area (Å²) in [6, 6.07) is 3.59. The van der Waals surface area contributed by atoms with E-state index in [1.807, 2.05) is 6.07 Å².